The molecule has 1 aromatic heterocycles. The summed E-state index contributed by atoms with van der Waals surface area (Å²) in [5.74, 6) is 0.154. The lowest BCUT2D eigenvalue weighted by Crippen LogP contribution is -2.44. The van der Waals surface area contributed by atoms with Crippen LogP contribution < -0.4 is 5.32 Å². The molecular weight excluding hydrogens is 228 g/mol. The SMILES string of the molecule is CCN(CC)C(=O)C(C)NCc1cnn(C)c1C. The van der Waals surface area contributed by atoms with Crippen LogP contribution in [0.2, 0.25) is 0 Å². The quantitative estimate of drug-likeness (QED) is 0.824. The fraction of sp³-hybridized carbons (Fsp3) is 0.692. The van der Waals surface area contributed by atoms with Crippen molar-refractivity contribution in [1.82, 2.24) is 20.0 Å². The van der Waals surface area contributed by atoms with Gasteiger partial charge in [0.2, 0.25) is 5.91 Å². The van der Waals surface area contributed by atoms with Gasteiger partial charge in [0.15, 0.2) is 0 Å². The van der Waals surface area contributed by atoms with Crippen molar-refractivity contribution in [2.24, 2.45) is 7.05 Å². The number of hydrogen-bond acceptors (Lipinski definition) is 3. The molecule has 0 fully saturated rings. The van der Waals surface area contributed by atoms with Crippen LogP contribution in [0, 0.1) is 6.92 Å². The Kier molecular flexibility index (Phi) is 5.34. The molecule has 18 heavy (non-hydrogen) atoms. The Morgan fingerprint density at radius 2 is 2.11 bits per heavy atom. The van der Waals surface area contributed by atoms with E-state index in [0.29, 0.717) is 6.54 Å². The van der Waals surface area contributed by atoms with Crippen LogP contribution in [0.1, 0.15) is 32.0 Å². The summed E-state index contributed by atoms with van der Waals surface area (Å²) < 4.78 is 1.84. The molecule has 0 bridgehead atoms. The highest BCUT2D eigenvalue weighted by Gasteiger charge is 2.17. The molecule has 0 spiro atoms. The zero-order valence-corrected chi connectivity index (χ0v) is 12.0. The number of aryl methyl sites for hydroxylation is 1. The van der Waals surface area contributed by atoms with E-state index in [4.69, 9.17) is 0 Å². The van der Waals surface area contributed by atoms with Crippen molar-refractivity contribution in [3.05, 3.63) is 17.5 Å². The summed E-state index contributed by atoms with van der Waals surface area (Å²) >= 11 is 0. The number of carbonyl (C=O) groups excluding carboxylic acids is 1. The summed E-state index contributed by atoms with van der Waals surface area (Å²) in [6, 6.07) is -0.162. The number of nitrogens with zero attached hydrogens (tertiary/aromatic N) is 3. The first-order chi connectivity index (χ1) is 8.51. The lowest BCUT2D eigenvalue weighted by atomic mass is 10.2. The minimum Gasteiger partial charge on any atom is -0.342 e. The Morgan fingerprint density at radius 1 is 1.50 bits per heavy atom. The fourth-order valence-electron chi connectivity index (χ4n) is 1.88. The third-order valence-electron chi connectivity index (χ3n) is 3.38. The molecule has 1 rings (SSSR count). The van der Waals surface area contributed by atoms with Crippen LogP contribution in [0.25, 0.3) is 0 Å². The molecule has 1 N–H and O–H groups in total. The van der Waals surface area contributed by atoms with E-state index in [-0.39, 0.29) is 11.9 Å². The topological polar surface area (TPSA) is 50.2 Å². The number of carbonyl (C=O) groups is 1. The van der Waals surface area contributed by atoms with Crippen molar-refractivity contribution in [2.45, 2.75) is 40.3 Å². The van der Waals surface area contributed by atoms with E-state index >= 15 is 0 Å². The normalized spacial score (nSPS) is 12.5. The lowest BCUT2D eigenvalue weighted by molar-refractivity contribution is -0.132. The average Bonchev–Trinajstić information content (AvgIpc) is 2.68. The van der Waals surface area contributed by atoms with Gasteiger partial charge in [-0.05, 0) is 27.7 Å². The number of rotatable bonds is 6. The number of aromatic nitrogens is 2. The molecule has 102 valence electrons. The van der Waals surface area contributed by atoms with E-state index in [1.165, 1.54) is 0 Å². The van der Waals surface area contributed by atoms with Crippen LogP contribution in [-0.2, 0) is 18.4 Å². The van der Waals surface area contributed by atoms with E-state index in [2.05, 4.69) is 10.4 Å². The van der Waals surface area contributed by atoms with Gasteiger partial charge in [-0.1, -0.05) is 0 Å². The summed E-state index contributed by atoms with van der Waals surface area (Å²) in [7, 11) is 1.92. The van der Waals surface area contributed by atoms with Crippen LogP contribution in [0.15, 0.2) is 6.20 Å². The summed E-state index contributed by atoms with van der Waals surface area (Å²) in [4.78, 5) is 13.9. The monoisotopic (exact) mass is 252 g/mol. The van der Waals surface area contributed by atoms with E-state index in [9.17, 15) is 4.79 Å². The Bertz CT molecular complexity index is 396. The number of hydrogen-bond donors (Lipinski definition) is 1. The number of amides is 1. The van der Waals surface area contributed by atoms with Crippen molar-refractivity contribution in [3.8, 4) is 0 Å². The van der Waals surface area contributed by atoms with Crippen molar-refractivity contribution in [2.75, 3.05) is 13.1 Å². The molecule has 1 amide bonds. The minimum absolute atomic E-state index is 0.154. The molecule has 1 unspecified atom stereocenters. The van der Waals surface area contributed by atoms with Gasteiger partial charge in [0.1, 0.15) is 0 Å². The second kappa shape index (κ2) is 6.54. The first-order valence-electron chi connectivity index (χ1n) is 6.50. The Balaban J connectivity index is 2.53. The first kappa shape index (κ1) is 14.7. The zero-order valence-electron chi connectivity index (χ0n) is 12.0. The molecule has 0 aliphatic heterocycles. The summed E-state index contributed by atoms with van der Waals surface area (Å²) in [5, 5.41) is 7.45. The predicted octanol–water partition coefficient (Wildman–Crippen LogP) is 1.08. The van der Waals surface area contributed by atoms with Crippen LogP contribution in [0.4, 0.5) is 0 Å². The largest absolute Gasteiger partial charge is 0.342 e. The molecule has 1 aromatic rings. The van der Waals surface area contributed by atoms with Crippen LogP contribution in [-0.4, -0.2) is 39.7 Å². The molecule has 5 nitrogen and oxygen atoms in total. The van der Waals surface area contributed by atoms with Crippen molar-refractivity contribution in [3.63, 3.8) is 0 Å². The molecular formula is C13H24N4O. The van der Waals surface area contributed by atoms with Crippen LogP contribution in [0.3, 0.4) is 0 Å². The Morgan fingerprint density at radius 3 is 2.56 bits per heavy atom. The summed E-state index contributed by atoms with van der Waals surface area (Å²) in [6.45, 7) is 10.1. The molecule has 0 radical (unpaired) electrons. The molecule has 1 atom stereocenters. The van der Waals surface area contributed by atoms with Gasteiger partial charge >= 0.3 is 0 Å². The highest BCUT2D eigenvalue weighted by molar-refractivity contribution is 5.81. The molecule has 1 heterocycles. The van der Waals surface area contributed by atoms with Gasteiger partial charge in [-0.2, -0.15) is 5.10 Å². The summed E-state index contributed by atoms with van der Waals surface area (Å²) in [5.41, 5.74) is 2.27. The van der Waals surface area contributed by atoms with Gasteiger partial charge in [0, 0.05) is 37.9 Å². The Hall–Kier alpha value is -1.36. The maximum atomic E-state index is 12.1. The van der Waals surface area contributed by atoms with Gasteiger partial charge in [-0.15, -0.1) is 0 Å². The van der Waals surface area contributed by atoms with Gasteiger partial charge in [0.25, 0.3) is 0 Å². The third-order valence-corrected chi connectivity index (χ3v) is 3.38. The molecule has 0 aromatic carbocycles. The van der Waals surface area contributed by atoms with E-state index in [0.717, 1.165) is 24.3 Å². The number of nitrogens with one attached hydrogen (secondary N) is 1. The molecule has 0 aliphatic carbocycles. The third kappa shape index (κ3) is 3.32. The van der Waals surface area contributed by atoms with Crippen molar-refractivity contribution < 1.29 is 4.79 Å². The maximum absolute atomic E-state index is 12.1. The first-order valence-corrected chi connectivity index (χ1v) is 6.50. The standard InChI is InChI=1S/C13H24N4O/c1-6-17(7-2)13(18)10(3)14-8-12-9-15-16(5)11(12)4/h9-10,14H,6-8H2,1-5H3. The summed E-state index contributed by atoms with van der Waals surface area (Å²) in [6.07, 6.45) is 1.84. The molecule has 0 saturated heterocycles. The maximum Gasteiger partial charge on any atom is 0.239 e. The molecule has 0 saturated carbocycles. The second-order valence-electron chi connectivity index (χ2n) is 4.49. The average molecular weight is 252 g/mol. The highest BCUT2D eigenvalue weighted by Crippen LogP contribution is 2.05. The smallest absolute Gasteiger partial charge is 0.239 e. The molecule has 5 heteroatoms. The van der Waals surface area contributed by atoms with Crippen molar-refractivity contribution in [1.29, 1.82) is 0 Å². The predicted molar refractivity (Wildman–Crippen MR) is 72.2 cm³/mol. The number of likely N-dealkylation sites (N-methyl/N-ethyl adjacent to an activating group) is 1. The zero-order chi connectivity index (χ0) is 13.7. The molecule has 0 aliphatic rings. The van der Waals surface area contributed by atoms with Gasteiger partial charge in [0.05, 0.1) is 12.2 Å². The van der Waals surface area contributed by atoms with E-state index in [1.807, 2.05) is 50.5 Å². The minimum atomic E-state index is -0.162. The Labute approximate surface area is 109 Å². The van der Waals surface area contributed by atoms with Gasteiger partial charge in [-0.25, -0.2) is 0 Å². The second-order valence-corrected chi connectivity index (χ2v) is 4.49. The lowest BCUT2D eigenvalue weighted by Gasteiger charge is -2.23. The van der Waals surface area contributed by atoms with Crippen LogP contribution in [0.5, 0.6) is 0 Å². The van der Waals surface area contributed by atoms with E-state index in [1.54, 1.807) is 0 Å². The fourth-order valence-corrected chi connectivity index (χ4v) is 1.88. The van der Waals surface area contributed by atoms with Crippen molar-refractivity contribution >= 4 is 5.91 Å². The van der Waals surface area contributed by atoms with E-state index < -0.39 is 0 Å². The highest BCUT2D eigenvalue weighted by atomic mass is 16.2. The van der Waals surface area contributed by atoms with Gasteiger partial charge < -0.3 is 10.2 Å². The van der Waals surface area contributed by atoms with Crippen LogP contribution >= 0.6 is 0 Å². The van der Waals surface area contributed by atoms with Gasteiger partial charge in [-0.3, -0.25) is 9.48 Å².